The molecule has 0 bridgehead atoms. The maximum Gasteiger partial charge on any atom is 0.411 e. The van der Waals surface area contributed by atoms with Crippen molar-refractivity contribution in [1.82, 2.24) is 14.7 Å². The summed E-state index contributed by atoms with van der Waals surface area (Å²) in [5.74, 6) is -0.496. The van der Waals surface area contributed by atoms with Crippen molar-refractivity contribution in [2.45, 2.75) is 44.4 Å². The third kappa shape index (κ3) is 3.12. The minimum atomic E-state index is -1.21. The van der Waals surface area contributed by atoms with Crippen LogP contribution in [0, 0.1) is 0 Å². The lowest BCUT2D eigenvalue weighted by Crippen LogP contribution is -2.47. The van der Waals surface area contributed by atoms with Crippen LogP contribution in [0.2, 0.25) is 0 Å². The molecule has 1 aromatic heterocycles. The van der Waals surface area contributed by atoms with Gasteiger partial charge in [0.05, 0.1) is 12.2 Å². The molecule has 0 radical (unpaired) electrons. The molecule has 3 amide bonds. The number of carbonyl (C=O) groups is 3. The summed E-state index contributed by atoms with van der Waals surface area (Å²) in [7, 11) is 0. The molecule has 9 heteroatoms. The van der Waals surface area contributed by atoms with E-state index in [1.165, 1.54) is 4.90 Å². The summed E-state index contributed by atoms with van der Waals surface area (Å²) in [6, 6.07) is 10.3. The van der Waals surface area contributed by atoms with E-state index in [4.69, 9.17) is 10.5 Å². The summed E-state index contributed by atoms with van der Waals surface area (Å²) in [6.07, 6.45) is -0.647. The zero-order chi connectivity index (χ0) is 21.0. The average molecular weight is 397 g/mol. The van der Waals surface area contributed by atoms with Gasteiger partial charge in [-0.2, -0.15) is 5.10 Å². The predicted molar refractivity (Wildman–Crippen MR) is 105 cm³/mol. The number of anilines is 1. The van der Waals surface area contributed by atoms with Gasteiger partial charge in [0, 0.05) is 18.1 Å². The molecule has 1 aromatic carbocycles. The highest BCUT2D eigenvalue weighted by Gasteiger charge is 2.59. The first-order valence-electron chi connectivity index (χ1n) is 9.37. The Morgan fingerprint density at radius 1 is 1.28 bits per heavy atom. The number of aromatic nitrogens is 2. The number of likely N-dealkylation sites (tertiary alicyclic amines) is 1. The van der Waals surface area contributed by atoms with Gasteiger partial charge < -0.3 is 15.8 Å². The van der Waals surface area contributed by atoms with Gasteiger partial charge in [0.1, 0.15) is 17.5 Å². The predicted octanol–water partition coefficient (Wildman–Crippen LogP) is 1.69. The van der Waals surface area contributed by atoms with Crippen LogP contribution >= 0.6 is 0 Å². The molecule has 29 heavy (non-hydrogen) atoms. The molecule has 2 aliphatic heterocycles. The lowest BCUT2D eigenvalue weighted by molar-refractivity contribution is -0.123. The molecule has 2 aromatic rings. The van der Waals surface area contributed by atoms with Crippen molar-refractivity contribution in [1.29, 1.82) is 0 Å². The molecular weight excluding hydrogens is 374 g/mol. The summed E-state index contributed by atoms with van der Waals surface area (Å²) < 4.78 is 6.99. The van der Waals surface area contributed by atoms with E-state index in [0.29, 0.717) is 11.5 Å². The zero-order valence-corrected chi connectivity index (χ0v) is 16.5. The van der Waals surface area contributed by atoms with Crippen LogP contribution in [0.15, 0.2) is 36.4 Å². The lowest BCUT2D eigenvalue weighted by atomic mass is 9.96. The highest BCUT2D eigenvalue weighted by atomic mass is 16.6. The molecule has 1 saturated heterocycles. The number of nitrogens with zero attached hydrogens (tertiary/aromatic N) is 3. The number of amides is 3. The van der Waals surface area contributed by atoms with E-state index in [1.807, 2.05) is 30.3 Å². The van der Waals surface area contributed by atoms with Gasteiger partial charge in [-0.25, -0.2) is 9.48 Å². The fraction of sp³-hybridized carbons (Fsp3) is 0.400. The number of fused-ring (bicyclic) bond motifs is 2. The lowest BCUT2D eigenvalue weighted by Gasteiger charge is -2.27. The van der Waals surface area contributed by atoms with E-state index in [9.17, 15) is 14.4 Å². The minimum absolute atomic E-state index is 0.0380. The second kappa shape index (κ2) is 6.33. The van der Waals surface area contributed by atoms with Gasteiger partial charge in [-0.1, -0.05) is 30.3 Å². The van der Waals surface area contributed by atoms with Gasteiger partial charge in [-0.05, 0) is 20.8 Å². The van der Waals surface area contributed by atoms with Crippen molar-refractivity contribution in [2.75, 3.05) is 11.9 Å². The number of hydrogen-bond acceptors (Lipinski definition) is 5. The first-order valence-corrected chi connectivity index (χ1v) is 9.37. The van der Waals surface area contributed by atoms with Crippen LogP contribution in [0.1, 0.15) is 27.2 Å². The Hall–Kier alpha value is -3.36. The van der Waals surface area contributed by atoms with Gasteiger partial charge in [0.2, 0.25) is 5.91 Å². The second-order valence-electron chi connectivity index (χ2n) is 8.41. The van der Waals surface area contributed by atoms with Crippen LogP contribution < -0.4 is 11.1 Å². The molecular formula is C20H23N5O4. The molecule has 9 nitrogen and oxygen atoms in total. The van der Waals surface area contributed by atoms with Crippen molar-refractivity contribution >= 4 is 23.7 Å². The monoisotopic (exact) mass is 397 g/mol. The Labute approximate surface area is 167 Å². The van der Waals surface area contributed by atoms with Crippen LogP contribution in [-0.2, 0) is 19.9 Å². The maximum atomic E-state index is 12.9. The molecule has 0 aliphatic carbocycles. The molecule has 3 heterocycles. The Balaban J connectivity index is 1.71. The van der Waals surface area contributed by atoms with Crippen LogP contribution in [0.25, 0.3) is 11.3 Å². The fourth-order valence-corrected chi connectivity index (χ4v) is 3.85. The highest BCUT2D eigenvalue weighted by molar-refractivity contribution is 6.02. The smallest absolute Gasteiger partial charge is 0.411 e. The Morgan fingerprint density at radius 3 is 2.59 bits per heavy atom. The first-order chi connectivity index (χ1) is 13.6. The number of hydrogen-bond donors (Lipinski definition) is 2. The first kappa shape index (κ1) is 19.0. The normalized spacial score (nSPS) is 23.2. The fourth-order valence-electron chi connectivity index (χ4n) is 3.85. The third-order valence-corrected chi connectivity index (χ3v) is 5.14. The summed E-state index contributed by atoms with van der Waals surface area (Å²) in [6.45, 7) is 5.15. The molecule has 1 spiro atoms. The van der Waals surface area contributed by atoms with Gasteiger partial charge in [-0.3, -0.25) is 14.5 Å². The largest absolute Gasteiger partial charge is 0.444 e. The summed E-state index contributed by atoms with van der Waals surface area (Å²) in [5, 5.41) is 7.43. The molecule has 1 fully saturated rings. The van der Waals surface area contributed by atoms with Crippen LogP contribution in [0.3, 0.4) is 0 Å². The van der Waals surface area contributed by atoms with Crippen molar-refractivity contribution in [3.8, 4) is 11.3 Å². The average Bonchev–Trinajstić information content (AvgIpc) is 3.29. The van der Waals surface area contributed by atoms with Crippen LogP contribution in [0.4, 0.5) is 10.6 Å². The zero-order valence-electron chi connectivity index (χ0n) is 16.5. The van der Waals surface area contributed by atoms with E-state index in [0.717, 1.165) is 5.56 Å². The van der Waals surface area contributed by atoms with Gasteiger partial charge in [-0.15, -0.1) is 0 Å². The third-order valence-electron chi connectivity index (χ3n) is 5.14. The second-order valence-corrected chi connectivity index (χ2v) is 8.41. The molecule has 2 aliphatic rings. The van der Waals surface area contributed by atoms with Crippen LogP contribution in [-0.4, -0.2) is 50.8 Å². The van der Waals surface area contributed by atoms with Gasteiger partial charge in [0.25, 0.3) is 5.91 Å². The summed E-state index contributed by atoms with van der Waals surface area (Å²) in [5.41, 5.74) is 5.18. The Morgan fingerprint density at radius 2 is 1.97 bits per heavy atom. The van der Waals surface area contributed by atoms with Gasteiger partial charge >= 0.3 is 6.09 Å². The Bertz CT molecular complexity index is 994. The number of nitrogens with one attached hydrogen (secondary N) is 1. The van der Waals surface area contributed by atoms with E-state index in [-0.39, 0.29) is 18.9 Å². The number of primary amides is 1. The summed E-state index contributed by atoms with van der Waals surface area (Å²) in [4.78, 5) is 38.9. The van der Waals surface area contributed by atoms with Crippen molar-refractivity contribution in [2.24, 2.45) is 5.73 Å². The highest BCUT2D eigenvalue weighted by Crippen LogP contribution is 2.42. The van der Waals surface area contributed by atoms with Gasteiger partial charge in [0.15, 0.2) is 5.54 Å². The van der Waals surface area contributed by atoms with Crippen molar-refractivity contribution in [3.05, 3.63) is 36.4 Å². The molecule has 0 unspecified atom stereocenters. The molecule has 2 atom stereocenters. The van der Waals surface area contributed by atoms with E-state index in [1.54, 1.807) is 31.5 Å². The SMILES string of the molecule is CC(C)(C)OC(=O)N1C[C@]2(C[C@H]1C(N)=O)C(=O)Nc1cc(-c3ccccc3)nn12. The van der Waals surface area contributed by atoms with Crippen molar-refractivity contribution in [3.63, 3.8) is 0 Å². The van der Waals surface area contributed by atoms with E-state index < -0.39 is 29.2 Å². The summed E-state index contributed by atoms with van der Waals surface area (Å²) >= 11 is 0. The Kier molecular flexibility index (Phi) is 4.14. The number of rotatable bonds is 2. The standard InChI is InChI=1S/C20H23N5O4/c1-19(2,3)29-18(28)24-11-20(10-14(24)16(21)26)17(27)22-15-9-13(23-25(15)20)12-7-5-4-6-8-12/h4-9,14H,10-11H2,1-3H3,(H2,21,26)(H,22,27)/t14-,20+/m0/s1. The number of benzene rings is 1. The minimum Gasteiger partial charge on any atom is -0.444 e. The quantitative estimate of drug-likeness (QED) is 0.799. The number of nitrogens with two attached hydrogens (primary N) is 1. The topological polar surface area (TPSA) is 120 Å². The van der Waals surface area contributed by atoms with Crippen molar-refractivity contribution < 1.29 is 19.1 Å². The van der Waals surface area contributed by atoms with E-state index >= 15 is 0 Å². The molecule has 4 rings (SSSR count). The molecule has 0 saturated carbocycles. The maximum absolute atomic E-state index is 12.9. The molecule has 152 valence electrons. The van der Waals surface area contributed by atoms with Crippen LogP contribution in [0.5, 0.6) is 0 Å². The number of ether oxygens (including phenoxy) is 1. The van der Waals surface area contributed by atoms with E-state index in [2.05, 4.69) is 10.4 Å². The number of carbonyl (C=O) groups excluding carboxylic acids is 3. The molecule has 3 N–H and O–H groups in total.